The summed E-state index contributed by atoms with van der Waals surface area (Å²) in [5, 5.41) is 3.64. The fraction of sp³-hybridized carbons (Fsp3) is 1.00. The Morgan fingerprint density at radius 3 is 2.92 bits per heavy atom. The lowest BCUT2D eigenvalue weighted by atomic mass is 9.98. The predicted molar refractivity (Wildman–Crippen MR) is 53.5 cm³/mol. The van der Waals surface area contributed by atoms with Gasteiger partial charge in [-0.25, -0.2) is 0 Å². The molecule has 0 spiro atoms. The van der Waals surface area contributed by atoms with E-state index in [0.29, 0.717) is 11.5 Å². The first-order chi connectivity index (χ1) is 6.12. The van der Waals surface area contributed by atoms with Gasteiger partial charge in [0.15, 0.2) is 0 Å². The van der Waals surface area contributed by atoms with Gasteiger partial charge < -0.3 is 4.74 Å². The van der Waals surface area contributed by atoms with E-state index in [2.05, 4.69) is 26.1 Å². The first-order valence-electron chi connectivity index (χ1n) is 5.53. The highest BCUT2D eigenvalue weighted by Crippen LogP contribution is 2.62. The Morgan fingerprint density at radius 2 is 2.31 bits per heavy atom. The van der Waals surface area contributed by atoms with Crippen LogP contribution in [0.15, 0.2) is 0 Å². The van der Waals surface area contributed by atoms with Crippen LogP contribution in [0.3, 0.4) is 0 Å². The zero-order valence-electron chi connectivity index (χ0n) is 9.02. The van der Waals surface area contributed by atoms with Crippen molar-refractivity contribution in [2.45, 2.75) is 58.2 Å². The Hall–Kier alpha value is -0.0800. The van der Waals surface area contributed by atoms with Crippen LogP contribution >= 0.6 is 0 Å². The molecule has 0 aromatic rings. The molecule has 2 heteroatoms. The second kappa shape index (κ2) is 2.96. The molecule has 76 valence electrons. The maximum absolute atomic E-state index is 5.90. The number of fused-ring (bicyclic) bond motifs is 1. The lowest BCUT2D eigenvalue weighted by molar-refractivity contribution is -0.0561. The average molecular weight is 183 g/mol. The summed E-state index contributed by atoms with van der Waals surface area (Å²) in [5.74, 6) is 0. The zero-order chi connectivity index (χ0) is 9.53. The Labute approximate surface area is 81.0 Å². The van der Waals surface area contributed by atoms with Gasteiger partial charge in [0.25, 0.3) is 0 Å². The van der Waals surface area contributed by atoms with Crippen LogP contribution in [0, 0.1) is 5.41 Å². The van der Waals surface area contributed by atoms with Crippen molar-refractivity contribution in [1.29, 1.82) is 0 Å². The summed E-state index contributed by atoms with van der Waals surface area (Å²) in [5.41, 5.74) is 0.495. The number of nitrogens with one attached hydrogen (secondary N) is 1. The monoisotopic (exact) mass is 183 g/mol. The molecule has 0 aromatic heterocycles. The molecule has 0 radical (unpaired) electrons. The first-order valence-corrected chi connectivity index (χ1v) is 5.53. The van der Waals surface area contributed by atoms with E-state index in [1.165, 1.54) is 25.7 Å². The van der Waals surface area contributed by atoms with Crippen LogP contribution in [0.4, 0.5) is 0 Å². The van der Waals surface area contributed by atoms with Gasteiger partial charge in [-0.3, -0.25) is 5.32 Å². The Balaban J connectivity index is 1.98. The molecule has 0 aromatic carbocycles. The second-order valence-electron chi connectivity index (χ2n) is 4.97. The minimum atomic E-state index is 0.0562. The van der Waals surface area contributed by atoms with Crippen LogP contribution in [0.1, 0.15) is 46.5 Å². The number of rotatable bonds is 3. The summed E-state index contributed by atoms with van der Waals surface area (Å²) in [6.07, 6.45) is 4.96. The minimum Gasteiger partial charge on any atom is -0.360 e. The van der Waals surface area contributed by atoms with Crippen molar-refractivity contribution < 1.29 is 4.74 Å². The van der Waals surface area contributed by atoms with Crippen LogP contribution in [-0.4, -0.2) is 18.4 Å². The third-order valence-electron chi connectivity index (χ3n) is 3.80. The van der Waals surface area contributed by atoms with Crippen LogP contribution in [0.2, 0.25) is 0 Å². The lowest BCUT2D eigenvalue weighted by Crippen LogP contribution is -2.46. The standard InChI is InChI=1S/C11H21NO/c1-4-9(2)12-11-8-10(11,3)6-5-7-13-11/h9,12H,4-8H2,1-3H3/t9?,10-,11+/m0/s1. The normalized spacial score (nSPS) is 45.5. The molecule has 2 aliphatic rings. The summed E-state index contributed by atoms with van der Waals surface area (Å²) >= 11 is 0. The van der Waals surface area contributed by atoms with Crippen LogP contribution < -0.4 is 5.32 Å². The van der Waals surface area contributed by atoms with E-state index in [0.717, 1.165) is 6.61 Å². The molecule has 2 fully saturated rings. The van der Waals surface area contributed by atoms with Gasteiger partial charge in [0, 0.05) is 18.1 Å². The van der Waals surface area contributed by atoms with E-state index in [4.69, 9.17) is 4.74 Å². The molecular formula is C11H21NO. The van der Waals surface area contributed by atoms with Gasteiger partial charge in [0.2, 0.25) is 0 Å². The molecule has 1 aliphatic heterocycles. The smallest absolute Gasteiger partial charge is 0.125 e. The number of ether oxygens (including phenoxy) is 1. The van der Waals surface area contributed by atoms with Crippen molar-refractivity contribution in [1.82, 2.24) is 5.32 Å². The van der Waals surface area contributed by atoms with Crippen molar-refractivity contribution in [3.05, 3.63) is 0 Å². The summed E-state index contributed by atoms with van der Waals surface area (Å²) in [7, 11) is 0. The van der Waals surface area contributed by atoms with Crippen molar-refractivity contribution >= 4 is 0 Å². The van der Waals surface area contributed by atoms with E-state index < -0.39 is 0 Å². The molecule has 3 atom stereocenters. The molecule has 0 bridgehead atoms. The molecule has 0 amide bonds. The molecule has 1 N–H and O–H groups in total. The van der Waals surface area contributed by atoms with E-state index in [9.17, 15) is 0 Å². The molecule has 1 heterocycles. The number of hydrogen-bond acceptors (Lipinski definition) is 2. The van der Waals surface area contributed by atoms with Crippen LogP contribution in [-0.2, 0) is 4.74 Å². The van der Waals surface area contributed by atoms with Gasteiger partial charge in [-0.2, -0.15) is 0 Å². The highest BCUT2D eigenvalue weighted by atomic mass is 16.5. The van der Waals surface area contributed by atoms with E-state index in [1.54, 1.807) is 0 Å². The van der Waals surface area contributed by atoms with E-state index in [-0.39, 0.29) is 5.72 Å². The van der Waals surface area contributed by atoms with Gasteiger partial charge in [0.1, 0.15) is 5.72 Å². The van der Waals surface area contributed by atoms with Crippen molar-refractivity contribution in [2.24, 2.45) is 5.41 Å². The third-order valence-corrected chi connectivity index (χ3v) is 3.80. The second-order valence-corrected chi connectivity index (χ2v) is 4.97. The molecule has 13 heavy (non-hydrogen) atoms. The molecular weight excluding hydrogens is 162 g/mol. The van der Waals surface area contributed by atoms with Gasteiger partial charge in [-0.05, 0) is 32.6 Å². The highest BCUT2D eigenvalue weighted by molar-refractivity contribution is 5.15. The highest BCUT2D eigenvalue weighted by Gasteiger charge is 2.66. The first kappa shape index (κ1) is 9.47. The fourth-order valence-corrected chi connectivity index (χ4v) is 2.50. The Bertz CT molecular complexity index is 202. The van der Waals surface area contributed by atoms with Crippen molar-refractivity contribution in [2.75, 3.05) is 6.61 Å². The van der Waals surface area contributed by atoms with Gasteiger partial charge in [0.05, 0.1) is 0 Å². The fourth-order valence-electron chi connectivity index (χ4n) is 2.50. The third kappa shape index (κ3) is 1.40. The Morgan fingerprint density at radius 1 is 1.54 bits per heavy atom. The maximum Gasteiger partial charge on any atom is 0.125 e. The summed E-state index contributed by atoms with van der Waals surface area (Å²) in [4.78, 5) is 0. The molecule has 1 aliphatic carbocycles. The average Bonchev–Trinajstić information content (AvgIpc) is 2.70. The van der Waals surface area contributed by atoms with E-state index >= 15 is 0 Å². The van der Waals surface area contributed by atoms with Gasteiger partial charge in [-0.15, -0.1) is 0 Å². The maximum atomic E-state index is 5.90. The van der Waals surface area contributed by atoms with Crippen LogP contribution in [0.5, 0.6) is 0 Å². The minimum absolute atomic E-state index is 0.0562. The molecule has 1 saturated carbocycles. The molecule has 1 unspecified atom stereocenters. The SMILES string of the molecule is CCC(C)N[C@@]12C[C@]1(C)CCCO2. The quantitative estimate of drug-likeness (QED) is 0.725. The largest absolute Gasteiger partial charge is 0.360 e. The topological polar surface area (TPSA) is 21.3 Å². The molecule has 2 rings (SSSR count). The Kier molecular flexibility index (Phi) is 2.16. The summed E-state index contributed by atoms with van der Waals surface area (Å²) in [6, 6.07) is 0.583. The van der Waals surface area contributed by atoms with Gasteiger partial charge in [-0.1, -0.05) is 13.8 Å². The molecule has 1 saturated heterocycles. The molecule has 2 nitrogen and oxygen atoms in total. The predicted octanol–water partition coefficient (Wildman–Crippen LogP) is 2.29. The van der Waals surface area contributed by atoms with E-state index in [1.807, 2.05) is 0 Å². The number of hydrogen-bond donors (Lipinski definition) is 1. The summed E-state index contributed by atoms with van der Waals surface area (Å²) < 4.78 is 5.90. The summed E-state index contributed by atoms with van der Waals surface area (Å²) in [6.45, 7) is 7.75. The van der Waals surface area contributed by atoms with Crippen molar-refractivity contribution in [3.63, 3.8) is 0 Å². The van der Waals surface area contributed by atoms with Crippen molar-refractivity contribution in [3.8, 4) is 0 Å². The van der Waals surface area contributed by atoms with Crippen LogP contribution in [0.25, 0.3) is 0 Å². The van der Waals surface area contributed by atoms with Gasteiger partial charge >= 0.3 is 0 Å². The zero-order valence-corrected chi connectivity index (χ0v) is 9.02. The lowest BCUT2D eigenvalue weighted by Gasteiger charge is -2.31.